The number of methoxy groups -OCH3 is 1. The average molecular weight is 176 g/mol. The highest BCUT2D eigenvalue weighted by molar-refractivity contribution is 4.82. The third-order valence-corrected chi connectivity index (χ3v) is 2.21. The molecule has 3 nitrogen and oxygen atoms in total. The first kappa shape index (κ1) is 11.9. The molecule has 0 aromatic heterocycles. The van der Waals surface area contributed by atoms with Crippen LogP contribution in [0.15, 0.2) is 0 Å². The van der Waals surface area contributed by atoms with E-state index in [1.807, 2.05) is 20.8 Å². The molecule has 0 aromatic rings. The van der Waals surface area contributed by atoms with E-state index in [9.17, 15) is 5.11 Å². The molecule has 0 aliphatic carbocycles. The van der Waals surface area contributed by atoms with E-state index >= 15 is 0 Å². The van der Waals surface area contributed by atoms with Gasteiger partial charge in [-0.05, 0) is 20.3 Å². The molecule has 0 amide bonds. The van der Waals surface area contributed by atoms with Crippen molar-refractivity contribution in [2.45, 2.75) is 38.9 Å². The monoisotopic (exact) mass is 176 g/mol. The average Bonchev–Trinajstić information content (AvgIpc) is 2.05. The van der Waals surface area contributed by atoms with Crippen molar-refractivity contribution in [1.29, 1.82) is 0 Å². The van der Waals surface area contributed by atoms with Gasteiger partial charge in [0, 0.05) is 13.7 Å². The van der Waals surface area contributed by atoms with Crippen molar-refractivity contribution >= 4 is 0 Å². The van der Waals surface area contributed by atoms with E-state index in [1.165, 1.54) is 0 Å². The molecule has 12 heavy (non-hydrogen) atoms. The first-order chi connectivity index (χ1) is 5.60. The van der Waals surface area contributed by atoms with Crippen molar-refractivity contribution in [2.24, 2.45) is 0 Å². The van der Waals surface area contributed by atoms with Gasteiger partial charge in [-0.25, -0.2) is 0 Å². The van der Waals surface area contributed by atoms with E-state index < -0.39 is 11.7 Å². The van der Waals surface area contributed by atoms with Crippen molar-refractivity contribution in [3.05, 3.63) is 0 Å². The van der Waals surface area contributed by atoms with E-state index in [0.29, 0.717) is 13.2 Å². The first-order valence-corrected chi connectivity index (χ1v) is 4.41. The Kier molecular flexibility index (Phi) is 5.46. The zero-order chi connectivity index (χ0) is 9.61. The molecule has 0 aliphatic rings. The summed E-state index contributed by atoms with van der Waals surface area (Å²) in [5.41, 5.74) is -0.468. The van der Waals surface area contributed by atoms with Crippen LogP contribution < -0.4 is 0 Å². The van der Waals surface area contributed by atoms with Crippen LogP contribution in [0.25, 0.3) is 0 Å². The quantitative estimate of drug-likeness (QED) is 0.661. The Hall–Kier alpha value is -0.120. The van der Waals surface area contributed by atoms with Gasteiger partial charge < -0.3 is 14.6 Å². The molecule has 2 unspecified atom stereocenters. The Morgan fingerprint density at radius 3 is 2.33 bits per heavy atom. The Labute approximate surface area is 74.7 Å². The Balaban J connectivity index is 4.08. The van der Waals surface area contributed by atoms with Crippen LogP contribution in [0.1, 0.15) is 27.2 Å². The molecule has 74 valence electrons. The second-order valence-electron chi connectivity index (χ2n) is 3.07. The van der Waals surface area contributed by atoms with Crippen LogP contribution in [0.2, 0.25) is 0 Å². The normalized spacial score (nSPS) is 18.8. The lowest BCUT2D eigenvalue weighted by atomic mass is 9.96. The zero-order valence-corrected chi connectivity index (χ0v) is 8.46. The molecule has 1 N–H and O–H groups in total. The number of hydrogen-bond donors (Lipinski definition) is 1. The molecule has 0 aromatic carbocycles. The highest BCUT2D eigenvalue weighted by Crippen LogP contribution is 2.20. The van der Waals surface area contributed by atoms with Crippen molar-refractivity contribution < 1.29 is 14.6 Å². The summed E-state index contributed by atoms with van der Waals surface area (Å²) in [6, 6.07) is 0. The van der Waals surface area contributed by atoms with Crippen LogP contribution >= 0.6 is 0 Å². The smallest absolute Gasteiger partial charge is 0.106 e. The van der Waals surface area contributed by atoms with Crippen molar-refractivity contribution in [2.75, 3.05) is 20.3 Å². The van der Waals surface area contributed by atoms with Gasteiger partial charge in [0.05, 0.1) is 12.2 Å². The van der Waals surface area contributed by atoms with Crippen LogP contribution in [0.3, 0.4) is 0 Å². The number of aliphatic hydroxyl groups excluding tert-OH is 1. The minimum atomic E-state index is -0.549. The summed E-state index contributed by atoms with van der Waals surface area (Å²) in [7, 11) is 1.57. The van der Waals surface area contributed by atoms with Crippen LogP contribution in [-0.2, 0) is 9.47 Å². The fourth-order valence-corrected chi connectivity index (χ4v) is 1.10. The highest BCUT2D eigenvalue weighted by atomic mass is 16.5. The molecule has 0 aliphatic heterocycles. The van der Waals surface area contributed by atoms with Crippen molar-refractivity contribution in [3.8, 4) is 0 Å². The minimum absolute atomic E-state index is 0.324. The summed E-state index contributed by atoms with van der Waals surface area (Å²) in [4.78, 5) is 0. The van der Waals surface area contributed by atoms with E-state index in [1.54, 1.807) is 7.11 Å². The molecular formula is C9H20O3. The lowest BCUT2D eigenvalue weighted by Crippen LogP contribution is -2.44. The maximum atomic E-state index is 9.65. The summed E-state index contributed by atoms with van der Waals surface area (Å²) >= 11 is 0. The van der Waals surface area contributed by atoms with Crippen molar-refractivity contribution in [3.63, 3.8) is 0 Å². The van der Waals surface area contributed by atoms with E-state index in [4.69, 9.17) is 9.47 Å². The Morgan fingerprint density at radius 2 is 2.00 bits per heavy atom. The highest BCUT2D eigenvalue weighted by Gasteiger charge is 2.31. The molecule has 0 rings (SSSR count). The molecule has 3 heteroatoms. The summed E-state index contributed by atoms with van der Waals surface area (Å²) in [5.74, 6) is 0. The number of aliphatic hydroxyl groups is 1. The van der Waals surface area contributed by atoms with E-state index in [2.05, 4.69) is 0 Å². The molecular weight excluding hydrogens is 156 g/mol. The SMILES string of the molecule is CCOC(C)(CC)C(O)COC. The van der Waals surface area contributed by atoms with Gasteiger partial charge in [0.2, 0.25) is 0 Å². The van der Waals surface area contributed by atoms with Gasteiger partial charge >= 0.3 is 0 Å². The third-order valence-electron chi connectivity index (χ3n) is 2.21. The number of ether oxygens (including phenoxy) is 2. The lowest BCUT2D eigenvalue weighted by molar-refractivity contribution is -0.129. The van der Waals surface area contributed by atoms with Crippen LogP contribution in [0.4, 0.5) is 0 Å². The second-order valence-corrected chi connectivity index (χ2v) is 3.07. The summed E-state index contributed by atoms with van der Waals surface area (Å²) in [6.07, 6.45) is 0.234. The first-order valence-electron chi connectivity index (χ1n) is 4.41. The number of rotatable bonds is 6. The third kappa shape index (κ3) is 3.09. The van der Waals surface area contributed by atoms with Gasteiger partial charge in [-0.2, -0.15) is 0 Å². The molecule has 0 fully saturated rings. The predicted octanol–water partition coefficient (Wildman–Crippen LogP) is 1.20. The van der Waals surface area contributed by atoms with Crippen molar-refractivity contribution in [1.82, 2.24) is 0 Å². The van der Waals surface area contributed by atoms with Gasteiger partial charge in [-0.15, -0.1) is 0 Å². The molecule has 2 atom stereocenters. The molecule has 0 spiro atoms. The van der Waals surface area contributed by atoms with Crippen LogP contribution in [0, 0.1) is 0 Å². The largest absolute Gasteiger partial charge is 0.388 e. The van der Waals surface area contributed by atoms with Gasteiger partial charge in [-0.1, -0.05) is 6.92 Å². The fourth-order valence-electron chi connectivity index (χ4n) is 1.10. The zero-order valence-electron chi connectivity index (χ0n) is 8.46. The summed E-state index contributed by atoms with van der Waals surface area (Å²) in [6.45, 7) is 6.76. The summed E-state index contributed by atoms with van der Waals surface area (Å²) < 4.78 is 10.3. The predicted molar refractivity (Wildman–Crippen MR) is 48.2 cm³/mol. The van der Waals surface area contributed by atoms with Gasteiger partial charge in [0.1, 0.15) is 6.10 Å². The molecule has 0 saturated carbocycles. The topological polar surface area (TPSA) is 38.7 Å². The minimum Gasteiger partial charge on any atom is -0.388 e. The van der Waals surface area contributed by atoms with Gasteiger partial charge in [-0.3, -0.25) is 0 Å². The molecule has 0 radical (unpaired) electrons. The standard InChI is InChI=1S/C9H20O3/c1-5-9(3,12-6-2)8(10)7-11-4/h8,10H,5-7H2,1-4H3. The molecule has 0 heterocycles. The van der Waals surface area contributed by atoms with Gasteiger partial charge in [0.25, 0.3) is 0 Å². The summed E-state index contributed by atoms with van der Waals surface area (Å²) in [5, 5.41) is 9.65. The molecule has 0 saturated heterocycles. The van der Waals surface area contributed by atoms with E-state index in [-0.39, 0.29) is 0 Å². The maximum absolute atomic E-state index is 9.65. The second kappa shape index (κ2) is 5.51. The Morgan fingerprint density at radius 1 is 1.42 bits per heavy atom. The van der Waals surface area contributed by atoms with Crippen LogP contribution in [-0.4, -0.2) is 37.1 Å². The number of hydrogen-bond acceptors (Lipinski definition) is 3. The van der Waals surface area contributed by atoms with Gasteiger partial charge in [0.15, 0.2) is 0 Å². The maximum Gasteiger partial charge on any atom is 0.106 e. The Bertz CT molecular complexity index is 116. The molecule has 0 bridgehead atoms. The van der Waals surface area contributed by atoms with Crippen LogP contribution in [0.5, 0.6) is 0 Å². The fraction of sp³-hybridized carbons (Fsp3) is 1.00. The van der Waals surface area contributed by atoms with E-state index in [0.717, 1.165) is 6.42 Å². The lowest BCUT2D eigenvalue weighted by Gasteiger charge is -2.32.